The molecule has 134 valence electrons. The van der Waals surface area contributed by atoms with E-state index in [0.29, 0.717) is 28.4 Å². The molecule has 2 aromatic carbocycles. The molecule has 0 amide bonds. The number of methoxy groups -OCH3 is 1. The minimum absolute atomic E-state index is 0.547. The van der Waals surface area contributed by atoms with Crippen molar-refractivity contribution in [1.29, 1.82) is 0 Å². The van der Waals surface area contributed by atoms with Gasteiger partial charge in [0.1, 0.15) is 11.6 Å². The van der Waals surface area contributed by atoms with Crippen LogP contribution in [0.5, 0.6) is 5.75 Å². The van der Waals surface area contributed by atoms with Crippen molar-refractivity contribution < 1.29 is 4.74 Å². The van der Waals surface area contributed by atoms with Gasteiger partial charge in [0.25, 0.3) is 0 Å². The molecule has 1 heterocycles. The molecule has 26 heavy (non-hydrogen) atoms. The predicted molar refractivity (Wildman–Crippen MR) is 107 cm³/mol. The first-order chi connectivity index (χ1) is 12.6. The number of halogens is 2. The van der Waals surface area contributed by atoms with Gasteiger partial charge >= 0.3 is 0 Å². The predicted octanol–water partition coefficient (Wildman–Crippen LogP) is 5.19. The summed E-state index contributed by atoms with van der Waals surface area (Å²) in [6.07, 6.45) is 2.53. The highest BCUT2D eigenvalue weighted by atomic mass is 35.5. The number of ether oxygens (including phenoxy) is 1. The summed E-state index contributed by atoms with van der Waals surface area (Å²) >= 11 is 12.0. The highest BCUT2D eigenvalue weighted by molar-refractivity contribution is 6.35. The van der Waals surface area contributed by atoms with E-state index in [4.69, 9.17) is 27.9 Å². The topological polar surface area (TPSA) is 59.1 Å². The molecule has 3 aromatic rings. The molecule has 5 nitrogen and oxygen atoms in total. The zero-order valence-electron chi connectivity index (χ0n) is 14.2. The first kappa shape index (κ1) is 18.3. The normalized spacial score (nSPS) is 10.4. The fraction of sp³-hybridized carbons (Fsp3) is 0.158. The minimum atomic E-state index is 0.547. The summed E-state index contributed by atoms with van der Waals surface area (Å²) in [5.74, 6) is 2.05. The third kappa shape index (κ3) is 5.25. The van der Waals surface area contributed by atoms with E-state index in [9.17, 15) is 0 Å². The van der Waals surface area contributed by atoms with Crippen LogP contribution in [0.1, 0.15) is 5.56 Å². The maximum absolute atomic E-state index is 6.02. The van der Waals surface area contributed by atoms with Gasteiger partial charge in [0.05, 0.1) is 7.11 Å². The third-order valence-electron chi connectivity index (χ3n) is 3.62. The van der Waals surface area contributed by atoms with E-state index in [1.807, 2.05) is 18.2 Å². The molecule has 0 saturated carbocycles. The Morgan fingerprint density at radius 1 is 1.04 bits per heavy atom. The van der Waals surface area contributed by atoms with Crippen molar-refractivity contribution in [1.82, 2.24) is 9.97 Å². The molecule has 0 unspecified atom stereocenters. The zero-order valence-corrected chi connectivity index (χ0v) is 15.7. The van der Waals surface area contributed by atoms with Crippen LogP contribution < -0.4 is 15.4 Å². The Morgan fingerprint density at radius 3 is 2.62 bits per heavy atom. The van der Waals surface area contributed by atoms with Gasteiger partial charge in [-0.15, -0.1) is 0 Å². The van der Waals surface area contributed by atoms with Gasteiger partial charge in [-0.3, -0.25) is 0 Å². The highest BCUT2D eigenvalue weighted by Crippen LogP contribution is 2.24. The average molecular weight is 389 g/mol. The molecule has 0 bridgehead atoms. The molecule has 0 saturated heterocycles. The Kier molecular flexibility index (Phi) is 6.15. The summed E-state index contributed by atoms with van der Waals surface area (Å²) < 4.78 is 5.24. The Balaban J connectivity index is 1.60. The molecule has 2 N–H and O–H groups in total. The van der Waals surface area contributed by atoms with E-state index < -0.39 is 0 Å². The lowest BCUT2D eigenvalue weighted by atomic mass is 10.1. The largest absolute Gasteiger partial charge is 0.497 e. The van der Waals surface area contributed by atoms with Crippen LogP contribution in [0.3, 0.4) is 0 Å². The molecular formula is C19H18Cl2N4O. The second kappa shape index (κ2) is 8.74. The van der Waals surface area contributed by atoms with Gasteiger partial charge in [-0.05, 0) is 48.4 Å². The first-order valence-corrected chi connectivity index (χ1v) is 8.81. The van der Waals surface area contributed by atoms with Gasteiger partial charge in [-0.25, -0.2) is 4.98 Å². The fourth-order valence-corrected chi connectivity index (χ4v) is 2.96. The maximum Gasteiger partial charge on any atom is 0.224 e. The molecule has 7 heteroatoms. The number of nitrogens with zero attached hydrogens (tertiary/aromatic N) is 2. The molecule has 0 aliphatic rings. The smallest absolute Gasteiger partial charge is 0.224 e. The lowest BCUT2D eigenvalue weighted by molar-refractivity contribution is 0.414. The van der Waals surface area contributed by atoms with Gasteiger partial charge in [-0.2, -0.15) is 4.98 Å². The molecule has 0 aliphatic heterocycles. The zero-order chi connectivity index (χ0) is 18.4. The number of aromatic nitrogens is 2. The summed E-state index contributed by atoms with van der Waals surface area (Å²) in [6.45, 7) is 0.708. The molecular weight excluding hydrogens is 371 g/mol. The van der Waals surface area contributed by atoms with Gasteiger partial charge in [0, 0.05) is 28.5 Å². The lowest BCUT2D eigenvalue weighted by Gasteiger charge is -2.09. The van der Waals surface area contributed by atoms with E-state index in [1.165, 1.54) is 5.56 Å². The summed E-state index contributed by atoms with van der Waals surface area (Å²) in [6, 6.07) is 15.0. The molecule has 0 fully saturated rings. The van der Waals surface area contributed by atoms with Gasteiger partial charge < -0.3 is 15.4 Å². The average Bonchev–Trinajstić information content (AvgIpc) is 2.61. The summed E-state index contributed by atoms with van der Waals surface area (Å²) in [4.78, 5) is 8.69. The SMILES string of the molecule is COc1cccc(CCNc2nccc(Nc3cc(Cl)cc(Cl)c3)n2)c1. The van der Waals surface area contributed by atoms with Gasteiger partial charge in [0.15, 0.2) is 0 Å². The maximum atomic E-state index is 6.02. The molecule has 3 rings (SSSR count). The second-order valence-corrected chi connectivity index (χ2v) is 6.45. The molecule has 0 radical (unpaired) electrons. The van der Waals surface area contributed by atoms with Gasteiger partial charge in [0.2, 0.25) is 5.95 Å². The van der Waals surface area contributed by atoms with Crippen LogP contribution >= 0.6 is 23.2 Å². The van der Waals surface area contributed by atoms with Gasteiger partial charge in [-0.1, -0.05) is 35.3 Å². The number of hydrogen-bond acceptors (Lipinski definition) is 5. The number of benzene rings is 2. The summed E-state index contributed by atoms with van der Waals surface area (Å²) in [7, 11) is 1.66. The van der Waals surface area contributed by atoms with Crippen LogP contribution in [0.2, 0.25) is 10.0 Å². The number of anilines is 3. The second-order valence-electron chi connectivity index (χ2n) is 5.58. The quantitative estimate of drug-likeness (QED) is 0.582. The Bertz CT molecular complexity index is 869. The van der Waals surface area contributed by atoms with E-state index in [0.717, 1.165) is 17.9 Å². The number of nitrogens with one attached hydrogen (secondary N) is 2. The monoisotopic (exact) mass is 388 g/mol. The van der Waals surface area contributed by atoms with Crippen LogP contribution in [0, 0.1) is 0 Å². The van der Waals surface area contributed by atoms with Crippen molar-refractivity contribution in [2.45, 2.75) is 6.42 Å². The molecule has 1 aromatic heterocycles. The lowest BCUT2D eigenvalue weighted by Crippen LogP contribution is -2.08. The number of rotatable bonds is 7. The third-order valence-corrected chi connectivity index (χ3v) is 4.06. The van der Waals surface area contributed by atoms with Crippen molar-refractivity contribution in [2.75, 3.05) is 24.3 Å². The highest BCUT2D eigenvalue weighted by Gasteiger charge is 2.03. The van der Waals surface area contributed by atoms with Crippen molar-refractivity contribution in [3.8, 4) is 5.75 Å². The van der Waals surface area contributed by atoms with Crippen LogP contribution in [0.25, 0.3) is 0 Å². The van der Waals surface area contributed by atoms with Crippen LogP contribution in [-0.2, 0) is 6.42 Å². The van der Waals surface area contributed by atoms with E-state index in [1.54, 1.807) is 37.6 Å². The molecule has 0 aliphatic carbocycles. The van der Waals surface area contributed by atoms with Crippen LogP contribution in [-0.4, -0.2) is 23.6 Å². The van der Waals surface area contributed by atoms with Crippen LogP contribution in [0.15, 0.2) is 54.7 Å². The minimum Gasteiger partial charge on any atom is -0.497 e. The molecule has 0 atom stereocenters. The Hall–Kier alpha value is -2.50. The van der Waals surface area contributed by atoms with Crippen molar-refractivity contribution in [3.63, 3.8) is 0 Å². The summed E-state index contributed by atoms with van der Waals surface area (Å²) in [5, 5.41) is 7.52. The van der Waals surface area contributed by atoms with E-state index in [2.05, 4.69) is 26.7 Å². The molecule has 0 spiro atoms. The van der Waals surface area contributed by atoms with E-state index >= 15 is 0 Å². The number of hydrogen-bond donors (Lipinski definition) is 2. The van der Waals surface area contributed by atoms with E-state index in [-0.39, 0.29) is 0 Å². The Morgan fingerprint density at radius 2 is 1.85 bits per heavy atom. The van der Waals surface area contributed by atoms with Crippen molar-refractivity contribution in [2.24, 2.45) is 0 Å². The summed E-state index contributed by atoms with van der Waals surface area (Å²) in [5.41, 5.74) is 1.95. The van der Waals surface area contributed by atoms with Crippen molar-refractivity contribution in [3.05, 3.63) is 70.3 Å². The van der Waals surface area contributed by atoms with Crippen LogP contribution in [0.4, 0.5) is 17.5 Å². The fourth-order valence-electron chi connectivity index (χ4n) is 2.43. The standard InChI is InChI=1S/C19H18Cl2N4O/c1-26-17-4-2-3-13(9-17)5-7-22-19-23-8-6-18(25-19)24-16-11-14(20)10-15(21)12-16/h2-4,6,8-12H,5,7H2,1H3,(H2,22,23,24,25). The first-order valence-electron chi connectivity index (χ1n) is 8.05. The Labute approximate surface area is 162 Å². The van der Waals surface area contributed by atoms with Crippen molar-refractivity contribution >= 4 is 40.7 Å².